The van der Waals surface area contributed by atoms with Crippen LogP contribution in [0.3, 0.4) is 0 Å². The predicted molar refractivity (Wildman–Crippen MR) is 144 cm³/mol. The fourth-order valence-electron chi connectivity index (χ4n) is 4.32. The summed E-state index contributed by atoms with van der Waals surface area (Å²) >= 11 is 0. The first-order valence-electron chi connectivity index (χ1n) is 11.7. The zero-order valence-electron chi connectivity index (χ0n) is 20.7. The maximum absolute atomic E-state index is 14.5. The molecule has 5 aromatic heterocycles. The second-order valence-corrected chi connectivity index (χ2v) is 10.7. The molecule has 0 fully saturated rings. The minimum absolute atomic E-state index is 0.0374. The van der Waals surface area contributed by atoms with E-state index in [9.17, 15) is 12.8 Å². The minimum atomic E-state index is -3.43. The van der Waals surface area contributed by atoms with E-state index in [1.807, 2.05) is 12.1 Å². The third kappa shape index (κ3) is 4.92. The number of halogens is 1. The number of H-pyrrole nitrogens is 2. The first kappa shape index (κ1) is 24.6. The van der Waals surface area contributed by atoms with Gasteiger partial charge in [0.2, 0.25) is 10.0 Å². The Bertz CT molecular complexity index is 1970. The first-order valence-corrected chi connectivity index (χ1v) is 13.6. The monoisotopic (exact) mass is 544 g/mol. The molecule has 0 aliphatic rings. The Labute approximate surface area is 221 Å². The molecule has 0 unspecified atom stereocenters. The van der Waals surface area contributed by atoms with Gasteiger partial charge in [-0.1, -0.05) is 0 Å². The van der Waals surface area contributed by atoms with Crippen LogP contribution in [0.15, 0.2) is 61.2 Å². The molecule has 5 heterocycles. The highest BCUT2D eigenvalue weighted by Crippen LogP contribution is 2.32. The Hall–Kier alpha value is -4.75. The lowest BCUT2D eigenvalue weighted by Crippen LogP contribution is -2.21. The van der Waals surface area contributed by atoms with Crippen molar-refractivity contribution in [2.75, 3.05) is 13.4 Å². The van der Waals surface area contributed by atoms with Crippen molar-refractivity contribution in [3.8, 4) is 39.5 Å². The molecule has 196 valence electrons. The van der Waals surface area contributed by atoms with Gasteiger partial charge in [-0.2, -0.15) is 5.10 Å². The number of aromatic nitrogens is 7. The molecule has 13 heteroatoms. The molecule has 0 bridgehead atoms. The van der Waals surface area contributed by atoms with Crippen molar-refractivity contribution in [2.45, 2.75) is 6.54 Å². The van der Waals surface area contributed by atoms with Gasteiger partial charge in [0.15, 0.2) is 17.1 Å². The number of aromatic amines is 2. The van der Waals surface area contributed by atoms with E-state index in [1.165, 1.54) is 12.1 Å². The molecule has 1 aromatic carbocycles. The number of nitrogens with one attached hydrogen (secondary N) is 3. The zero-order chi connectivity index (χ0) is 27.1. The van der Waals surface area contributed by atoms with E-state index in [0.29, 0.717) is 50.8 Å². The Morgan fingerprint density at radius 2 is 1.85 bits per heavy atom. The molecule has 0 aliphatic carbocycles. The number of fused-ring (bicyclic) bond motifs is 2. The fourth-order valence-corrected chi connectivity index (χ4v) is 4.75. The number of nitrogens with zero attached hydrogens (tertiary/aromatic N) is 5. The average Bonchev–Trinajstić information content (AvgIpc) is 3.55. The van der Waals surface area contributed by atoms with Crippen molar-refractivity contribution in [3.63, 3.8) is 0 Å². The molecular formula is C26H21FN8O3S. The minimum Gasteiger partial charge on any atom is -0.495 e. The number of hydrogen-bond acceptors (Lipinski definition) is 8. The van der Waals surface area contributed by atoms with Gasteiger partial charge in [-0.25, -0.2) is 32.5 Å². The Morgan fingerprint density at radius 1 is 1.00 bits per heavy atom. The van der Waals surface area contributed by atoms with Crippen LogP contribution in [0.2, 0.25) is 0 Å². The standard InChI is InChI=1S/C26H21FN8O3S/c1-38-19-8-16(11-28-13-19)17-9-21-23(34-35-24(21)30-12-17)26-32-22-20(3-4-29-25(22)33-26)15-5-14(6-18(27)7-15)10-31-39(2,36)37/h3-9,11-13,31H,10H2,1-2H3,(H,29,32,33)(H,30,34,35). The van der Waals surface area contributed by atoms with Gasteiger partial charge in [0, 0.05) is 41.8 Å². The molecule has 0 radical (unpaired) electrons. The van der Waals surface area contributed by atoms with Crippen molar-refractivity contribution < 1.29 is 17.5 Å². The molecule has 0 saturated carbocycles. The van der Waals surface area contributed by atoms with Gasteiger partial charge in [-0.3, -0.25) is 10.1 Å². The fraction of sp³-hybridized carbons (Fsp3) is 0.115. The quantitative estimate of drug-likeness (QED) is 0.274. The Kier molecular flexibility index (Phi) is 6.00. The smallest absolute Gasteiger partial charge is 0.209 e. The number of methoxy groups -OCH3 is 1. The summed E-state index contributed by atoms with van der Waals surface area (Å²) in [5, 5.41) is 8.05. The van der Waals surface area contributed by atoms with E-state index in [4.69, 9.17) is 4.74 Å². The molecule has 11 nitrogen and oxygen atoms in total. The lowest BCUT2D eigenvalue weighted by Gasteiger charge is -2.08. The zero-order valence-corrected chi connectivity index (χ0v) is 21.5. The molecule has 6 rings (SSSR count). The molecule has 0 saturated heterocycles. The van der Waals surface area contributed by atoms with Gasteiger partial charge < -0.3 is 9.72 Å². The summed E-state index contributed by atoms with van der Waals surface area (Å²) in [7, 11) is -1.85. The Morgan fingerprint density at radius 3 is 2.67 bits per heavy atom. The van der Waals surface area contributed by atoms with Crippen LogP contribution in [0, 0.1) is 5.82 Å². The van der Waals surface area contributed by atoms with Crippen LogP contribution in [0.5, 0.6) is 5.75 Å². The molecule has 0 amide bonds. The van der Waals surface area contributed by atoms with Gasteiger partial charge in [-0.05, 0) is 47.5 Å². The van der Waals surface area contributed by atoms with E-state index in [2.05, 4.69) is 39.8 Å². The summed E-state index contributed by atoms with van der Waals surface area (Å²) in [5.74, 6) is 0.613. The van der Waals surface area contributed by atoms with Crippen LogP contribution >= 0.6 is 0 Å². The van der Waals surface area contributed by atoms with E-state index < -0.39 is 15.8 Å². The third-order valence-corrected chi connectivity index (χ3v) is 6.80. The molecule has 39 heavy (non-hydrogen) atoms. The van der Waals surface area contributed by atoms with Gasteiger partial charge in [0.1, 0.15) is 17.3 Å². The first-order chi connectivity index (χ1) is 18.8. The van der Waals surface area contributed by atoms with Gasteiger partial charge >= 0.3 is 0 Å². The lowest BCUT2D eigenvalue weighted by atomic mass is 10.0. The molecular weight excluding hydrogens is 523 g/mol. The molecule has 0 atom stereocenters. The average molecular weight is 545 g/mol. The van der Waals surface area contributed by atoms with E-state index in [-0.39, 0.29) is 6.54 Å². The second-order valence-electron chi connectivity index (χ2n) is 8.89. The van der Waals surface area contributed by atoms with Crippen LogP contribution in [0.1, 0.15) is 5.56 Å². The van der Waals surface area contributed by atoms with E-state index in [1.54, 1.807) is 44.0 Å². The van der Waals surface area contributed by atoms with Gasteiger partial charge in [-0.15, -0.1) is 0 Å². The summed E-state index contributed by atoms with van der Waals surface area (Å²) in [4.78, 5) is 21.0. The number of hydrogen-bond donors (Lipinski definition) is 3. The number of imidazole rings is 1. The summed E-state index contributed by atoms with van der Waals surface area (Å²) < 4.78 is 45.2. The maximum Gasteiger partial charge on any atom is 0.209 e. The number of sulfonamides is 1. The van der Waals surface area contributed by atoms with Crippen LogP contribution in [-0.4, -0.2) is 56.9 Å². The number of rotatable bonds is 7. The molecule has 6 aromatic rings. The highest BCUT2D eigenvalue weighted by atomic mass is 32.2. The number of benzene rings is 1. The Balaban J connectivity index is 1.42. The van der Waals surface area contributed by atoms with Crippen LogP contribution in [0.25, 0.3) is 56.0 Å². The maximum atomic E-state index is 14.5. The summed E-state index contributed by atoms with van der Waals surface area (Å²) in [6, 6.07) is 9.94. The molecule has 0 spiro atoms. The highest BCUT2D eigenvalue weighted by molar-refractivity contribution is 7.88. The van der Waals surface area contributed by atoms with Crippen molar-refractivity contribution in [3.05, 3.63) is 72.6 Å². The highest BCUT2D eigenvalue weighted by Gasteiger charge is 2.17. The van der Waals surface area contributed by atoms with E-state index in [0.717, 1.165) is 22.8 Å². The summed E-state index contributed by atoms with van der Waals surface area (Å²) in [6.45, 7) is -0.0374. The van der Waals surface area contributed by atoms with E-state index >= 15 is 0 Å². The van der Waals surface area contributed by atoms with Gasteiger partial charge in [0.25, 0.3) is 0 Å². The summed E-state index contributed by atoms with van der Waals surface area (Å²) in [6.07, 6.45) is 7.70. The largest absolute Gasteiger partial charge is 0.495 e. The van der Waals surface area contributed by atoms with Crippen molar-refractivity contribution in [1.29, 1.82) is 0 Å². The SMILES string of the molecule is COc1cncc(-c2cnc3n[nH]c(-c4nc5nccc(-c6cc(F)cc(CNS(C)(=O)=O)c6)c5[nH]4)c3c2)c1. The van der Waals surface area contributed by atoms with Crippen molar-refractivity contribution >= 4 is 32.2 Å². The van der Waals surface area contributed by atoms with Crippen LogP contribution in [0.4, 0.5) is 4.39 Å². The van der Waals surface area contributed by atoms with Crippen LogP contribution < -0.4 is 9.46 Å². The van der Waals surface area contributed by atoms with Crippen molar-refractivity contribution in [2.24, 2.45) is 0 Å². The van der Waals surface area contributed by atoms with Crippen LogP contribution in [-0.2, 0) is 16.6 Å². The number of pyridine rings is 3. The predicted octanol–water partition coefficient (Wildman–Crippen LogP) is 3.82. The second kappa shape index (κ2) is 9.53. The molecule has 0 aliphatic heterocycles. The van der Waals surface area contributed by atoms with Gasteiger partial charge in [0.05, 0.1) is 30.5 Å². The van der Waals surface area contributed by atoms with Crippen molar-refractivity contribution in [1.82, 2.24) is 39.8 Å². The molecule has 3 N–H and O–H groups in total. The number of ether oxygens (including phenoxy) is 1. The normalized spacial score (nSPS) is 11.9. The summed E-state index contributed by atoms with van der Waals surface area (Å²) in [5.41, 5.74) is 5.46. The topological polar surface area (TPSA) is 151 Å². The third-order valence-electron chi connectivity index (χ3n) is 6.13. The lowest BCUT2D eigenvalue weighted by molar-refractivity contribution is 0.413.